The van der Waals surface area contributed by atoms with Crippen molar-refractivity contribution in [2.45, 2.75) is 25.7 Å². The number of carbonyl (C=O) groups is 1. The van der Waals surface area contributed by atoms with Crippen molar-refractivity contribution in [3.8, 4) is 11.5 Å². The fraction of sp³-hybridized carbons (Fsp3) is 0.214. The zero-order valence-corrected chi connectivity index (χ0v) is 20.9. The Morgan fingerprint density at radius 1 is 0.917 bits per heavy atom. The van der Waals surface area contributed by atoms with Gasteiger partial charge >= 0.3 is 0 Å². The molecule has 0 aliphatic heterocycles. The molecule has 1 amide bonds. The lowest BCUT2D eigenvalue weighted by Gasteiger charge is -2.22. The summed E-state index contributed by atoms with van der Waals surface area (Å²) in [4.78, 5) is 17.6. The van der Waals surface area contributed by atoms with Crippen LogP contribution in [0.2, 0.25) is 0 Å². The van der Waals surface area contributed by atoms with E-state index in [0.29, 0.717) is 17.2 Å². The van der Waals surface area contributed by atoms with Gasteiger partial charge in [0.1, 0.15) is 5.82 Å². The molecular weight excluding hydrogens is 481 g/mol. The SMILES string of the molecule is COc1ccc(Nc2c3c(nc4ccc(NC(=O)c5ccccc5F)cc24)CCCC3)cc1OC.Cl. The van der Waals surface area contributed by atoms with Crippen molar-refractivity contribution in [2.24, 2.45) is 0 Å². The summed E-state index contributed by atoms with van der Waals surface area (Å²) in [5.41, 5.74) is 5.48. The lowest BCUT2D eigenvalue weighted by molar-refractivity contribution is 0.102. The Morgan fingerprint density at radius 2 is 1.67 bits per heavy atom. The smallest absolute Gasteiger partial charge is 0.258 e. The number of hydrogen-bond donors (Lipinski definition) is 2. The normalized spacial score (nSPS) is 12.3. The first-order valence-electron chi connectivity index (χ1n) is 11.6. The highest BCUT2D eigenvalue weighted by Gasteiger charge is 2.20. The molecule has 1 aliphatic rings. The summed E-state index contributed by atoms with van der Waals surface area (Å²) in [7, 11) is 3.21. The number of carbonyl (C=O) groups excluding carboxylic acids is 1. The van der Waals surface area contributed by atoms with Crippen molar-refractivity contribution in [1.29, 1.82) is 0 Å². The molecule has 1 aliphatic carbocycles. The van der Waals surface area contributed by atoms with Gasteiger partial charge in [-0.2, -0.15) is 0 Å². The first-order valence-corrected chi connectivity index (χ1v) is 11.6. The molecule has 0 unspecified atom stereocenters. The average Bonchev–Trinajstić information content (AvgIpc) is 2.88. The molecule has 1 aromatic heterocycles. The van der Waals surface area contributed by atoms with Crippen molar-refractivity contribution in [2.75, 3.05) is 24.9 Å². The zero-order chi connectivity index (χ0) is 24.4. The average molecular weight is 508 g/mol. The molecule has 36 heavy (non-hydrogen) atoms. The highest BCUT2D eigenvalue weighted by Crippen LogP contribution is 2.38. The number of amides is 1. The van der Waals surface area contributed by atoms with Gasteiger partial charge in [-0.15, -0.1) is 12.4 Å². The number of hydrogen-bond acceptors (Lipinski definition) is 5. The Morgan fingerprint density at radius 3 is 2.44 bits per heavy atom. The summed E-state index contributed by atoms with van der Waals surface area (Å²) in [5, 5.41) is 7.28. The van der Waals surface area contributed by atoms with Gasteiger partial charge in [-0.3, -0.25) is 9.78 Å². The lowest BCUT2D eigenvalue weighted by atomic mass is 9.92. The van der Waals surface area contributed by atoms with Gasteiger partial charge < -0.3 is 20.1 Å². The molecule has 6 nitrogen and oxygen atoms in total. The Bertz CT molecular complexity index is 1430. The molecular formula is C28H27ClFN3O3. The van der Waals surface area contributed by atoms with Crippen molar-refractivity contribution in [3.63, 3.8) is 0 Å². The van der Waals surface area contributed by atoms with E-state index in [2.05, 4.69) is 10.6 Å². The molecule has 0 atom stereocenters. The number of pyridine rings is 1. The number of nitrogens with zero attached hydrogens (tertiary/aromatic N) is 1. The van der Waals surface area contributed by atoms with Crippen LogP contribution in [-0.2, 0) is 12.8 Å². The summed E-state index contributed by atoms with van der Waals surface area (Å²) in [5.74, 6) is 0.223. The van der Waals surface area contributed by atoms with Crippen molar-refractivity contribution in [1.82, 2.24) is 4.98 Å². The predicted molar refractivity (Wildman–Crippen MR) is 143 cm³/mol. The predicted octanol–water partition coefficient (Wildman–Crippen LogP) is 6.69. The van der Waals surface area contributed by atoms with Crippen LogP contribution in [0.25, 0.3) is 10.9 Å². The number of ether oxygens (including phenoxy) is 2. The molecule has 0 saturated heterocycles. The van der Waals surface area contributed by atoms with E-state index < -0.39 is 11.7 Å². The highest BCUT2D eigenvalue weighted by molar-refractivity contribution is 6.06. The zero-order valence-electron chi connectivity index (χ0n) is 20.1. The summed E-state index contributed by atoms with van der Waals surface area (Å²) >= 11 is 0. The maximum Gasteiger partial charge on any atom is 0.258 e. The van der Waals surface area contributed by atoms with Crippen LogP contribution >= 0.6 is 12.4 Å². The van der Waals surface area contributed by atoms with Crippen molar-refractivity contribution < 1.29 is 18.7 Å². The number of nitrogens with one attached hydrogen (secondary N) is 2. The number of fused-ring (bicyclic) bond motifs is 2. The van der Waals surface area contributed by atoms with E-state index in [0.717, 1.165) is 53.7 Å². The molecule has 3 aromatic carbocycles. The number of aromatic nitrogens is 1. The maximum atomic E-state index is 14.1. The third-order valence-corrected chi connectivity index (χ3v) is 6.29. The summed E-state index contributed by atoms with van der Waals surface area (Å²) in [6, 6.07) is 17.2. The van der Waals surface area contributed by atoms with Gasteiger partial charge in [0.2, 0.25) is 0 Å². The topological polar surface area (TPSA) is 72.5 Å². The largest absolute Gasteiger partial charge is 0.493 e. The summed E-state index contributed by atoms with van der Waals surface area (Å²) < 4.78 is 25.0. The van der Waals surface area contributed by atoms with E-state index in [-0.39, 0.29) is 18.0 Å². The first-order chi connectivity index (χ1) is 17.1. The highest BCUT2D eigenvalue weighted by atomic mass is 35.5. The molecule has 0 saturated carbocycles. The Labute approximate surface area is 215 Å². The second kappa shape index (κ2) is 10.8. The summed E-state index contributed by atoms with van der Waals surface area (Å²) in [6.45, 7) is 0. The second-order valence-electron chi connectivity index (χ2n) is 8.48. The minimum Gasteiger partial charge on any atom is -0.493 e. The van der Waals surface area contributed by atoms with Gasteiger partial charge in [0.25, 0.3) is 5.91 Å². The molecule has 186 valence electrons. The van der Waals surface area contributed by atoms with Gasteiger partial charge in [-0.1, -0.05) is 12.1 Å². The van der Waals surface area contributed by atoms with Crippen LogP contribution in [-0.4, -0.2) is 25.1 Å². The first kappa shape index (κ1) is 25.3. The lowest BCUT2D eigenvalue weighted by Crippen LogP contribution is -2.14. The van der Waals surface area contributed by atoms with Crippen LogP contribution in [0.4, 0.5) is 21.5 Å². The minimum absolute atomic E-state index is 0. The van der Waals surface area contributed by atoms with Gasteiger partial charge in [0.15, 0.2) is 11.5 Å². The Hall–Kier alpha value is -3.84. The number of benzene rings is 3. The molecule has 4 aromatic rings. The van der Waals surface area contributed by atoms with Crippen molar-refractivity contribution in [3.05, 3.63) is 83.3 Å². The Kier molecular flexibility index (Phi) is 7.60. The van der Waals surface area contributed by atoms with Crippen LogP contribution < -0.4 is 20.1 Å². The molecule has 0 fully saturated rings. The monoisotopic (exact) mass is 507 g/mol. The molecule has 0 radical (unpaired) electrons. The van der Waals surface area contributed by atoms with Crippen LogP contribution in [0.15, 0.2) is 60.7 Å². The van der Waals surface area contributed by atoms with Crippen LogP contribution in [0.1, 0.15) is 34.5 Å². The van der Waals surface area contributed by atoms with Gasteiger partial charge in [0.05, 0.1) is 31.0 Å². The third kappa shape index (κ3) is 4.93. The second-order valence-corrected chi connectivity index (χ2v) is 8.48. The van der Waals surface area contributed by atoms with E-state index in [1.807, 2.05) is 30.3 Å². The van der Waals surface area contributed by atoms with E-state index in [9.17, 15) is 9.18 Å². The fourth-order valence-corrected chi connectivity index (χ4v) is 4.55. The van der Waals surface area contributed by atoms with Gasteiger partial charge in [-0.05, 0) is 73.7 Å². The van der Waals surface area contributed by atoms with E-state index in [1.54, 1.807) is 32.4 Å². The summed E-state index contributed by atoms with van der Waals surface area (Å²) in [6.07, 6.45) is 4.04. The van der Waals surface area contributed by atoms with Crippen LogP contribution in [0.5, 0.6) is 11.5 Å². The fourth-order valence-electron chi connectivity index (χ4n) is 4.55. The quantitative estimate of drug-likeness (QED) is 0.304. The van der Waals surface area contributed by atoms with Crippen LogP contribution in [0, 0.1) is 5.82 Å². The molecule has 1 heterocycles. The number of halogens is 2. The molecule has 2 N–H and O–H groups in total. The molecule has 8 heteroatoms. The third-order valence-electron chi connectivity index (χ3n) is 6.29. The van der Waals surface area contributed by atoms with Gasteiger partial charge in [-0.25, -0.2) is 4.39 Å². The Balaban J connectivity index is 0.00000304. The van der Waals surface area contributed by atoms with E-state index in [4.69, 9.17) is 14.5 Å². The van der Waals surface area contributed by atoms with Gasteiger partial charge in [0, 0.05) is 28.5 Å². The number of anilines is 3. The van der Waals surface area contributed by atoms with E-state index >= 15 is 0 Å². The molecule has 0 spiro atoms. The number of rotatable bonds is 6. The van der Waals surface area contributed by atoms with Crippen LogP contribution in [0.3, 0.4) is 0 Å². The number of aryl methyl sites for hydroxylation is 1. The molecule has 5 rings (SSSR count). The maximum absolute atomic E-state index is 14.1. The standard InChI is InChI=1S/C28H26FN3O3.ClH/c1-34-25-14-12-18(16-26(25)35-2)30-27-20-8-4-6-10-23(20)32-24-13-11-17(15-21(24)27)31-28(33)19-7-3-5-9-22(19)29;/h3,5,7,9,11-16H,4,6,8,10H2,1-2H3,(H,30,32)(H,31,33);1H. The van der Waals surface area contributed by atoms with Crippen molar-refractivity contribution >= 4 is 46.3 Å². The molecule has 0 bridgehead atoms. The minimum atomic E-state index is -0.558. The number of methoxy groups -OCH3 is 2. The van der Waals surface area contributed by atoms with E-state index in [1.165, 1.54) is 17.7 Å².